The van der Waals surface area contributed by atoms with Gasteiger partial charge in [-0.2, -0.15) is 0 Å². The van der Waals surface area contributed by atoms with Gasteiger partial charge in [0.2, 0.25) is 11.8 Å². The fourth-order valence-corrected chi connectivity index (χ4v) is 4.52. The van der Waals surface area contributed by atoms with Gasteiger partial charge in [-0.3, -0.25) is 14.4 Å². The first-order valence-corrected chi connectivity index (χ1v) is 10.0. The Bertz CT molecular complexity index is 762. The summed E-state index contributed by atoms with van der Waals surface area (Å²) in [7, 11) is 1.76. The average Bonchev–Trinajstić information content (AvgIpc) is 3.01. The number of rotatable bonds is 2. The summed E-state index contributed by atoms with van der Waals surface area (Å²) in [6, 6.07) is 5.50. The molecular formula is C21H27N3O3. The average molecular weight is 369 g/mol. The maximum absolute atomic E-state index is 12.9. The number of amides is 3. The van der Waals surface area contributed by atoms with Gasteiger partial charge in [-0.25, -0.2) is 0 Å². The van der Waals surface area contributed by atoms with Crippen LogP contribution in [0.2, 0.25) is 0 Å². The van der Waals surface area contributed by atoms with Gasteiger partial charge in [0.1, 0.15) is 0 Å². The highest BCUT2D eigenvalue weighted by molar-refractivity contribution is 6.03. The van der Waals surface area contributed by atoms with Gasteiger partial charge in [-0.05, 0) is 36.6 Å². The lowest BCUT2D eigenvalue weighted by molar-refractivity contribution is -0.138. The van der Waals surface area contributed by atoms with Gasteiger partial charge in [0.15, 0.2) is 0 Å². The summed E-state index contributed by atoms with van der Waals surface area (Å²) < 4.78 is 0. The van der Waals surface area contributed by atoms with Gasteiger partial charge in [0.05, 0.1) is 6.42 Å². The Balaban J connectivity index is 1.37. The lowest BCUT2D eigenvalue weighted by Gasteiger charge is -2.37. The minimum atomic E-state index is -0.00966. The second-order valence-corrected chi connectivity index (χ2v) is 7.93. The molecule has 2 heterocycles. The maximum Gasteiger partial charge on any atom is 0.253 e. The largest absolute Gasteiger partial charge is 0.339 e. The van der Waals surface area contributed by atoms with E-state index >= 15 is 0 Å². The topological polar surface area (TPSA) is 60.9 Å². The van der Waals surface area contributed by atoms with E-state index in [0.717, 1.165) is 36.9 Å². The molecule has 1 aromatic carbocycles. The van der Waals surface area contributed by atoms with Crippen LogP contribution in [0.1, 0.15) is 48.0 Å². The standard InChI is InChI=1S/C21H27N3O3/c1-22-18-8-7-16(13-17(18)14-19(22)25)21(27)24-11-9-23(10-12-24)20(26)15-5-3-2-4-6-15/h7-8,13,15H,2-6,9-12,14H2,1H3. The fraction of sp³-hybridized carbons (Fsp3) is 0.571. The van der Waals surface area contributed by atoms with E-state index in [1.807, 2.05) is 21.9 Å². The van der Waals surface area contributed by atoms with Crippen molar-refractivity contribution in [3.8, 4) is 0 Å². The molecule has 3 amide bonds. The molecule has 2 aliphatic heterocycles. The zero-order valence-corrected chi connectivity index (χ0v) is 15.9. The third-order valence-electron chi connectivity index (χ3n) is 6.24. The summed E-state index contributed by atoms with van der Waals surface area (Å²) >= 11 is 0. The summed E-state index contributed by atoms with van der Waals surface area (Å²) in [5.74, 6) is 0.516. The number of hydrogen-bond donors (Lipinski definition) is 0. The van der Waals surface area contributed by atoms with E-state index in [0.29, 0.717) is 38.2 Å². The number of piperazine rings is 1. The summed E-state index contributed by atoms with van der Waals surface area (Å²) in [4.78, 5) is 42.8. The molecule has 0 N–H and O–H groups in total. The molecule has 1 saturated carbocycles. The van der Waals surface area contributed by atoms with Gasteiger partial charge in [0.25, 0.3) is 5.91 Å². The van der Waals surface area contributed by atoms with E-state index < -0.39 is 0 Å². The van der Waals surface area contributed by atoms with Crippen LogP contribution >= 0.6 is 0 Å². The number of hydrogen-bond acceptors (Lipinski definition) is 3. The van der Waals surface area contributed by atoms with Crippen LogP contribution in [0.5, 0.6) is 0 Å². The van der Waals surface area contributed by atoms with Crippen molar-refractivity contribution in [2.24, 2.45) is 5.92 Å². The van der Waals surface area contributed by atoms with Gasteiger partial charge in [0, 0.05) is 50.4 Å². The van der Waals surface area contributed by atoms with E-state index in [-0.39, 0.29) is 23.6 Å². The van der Waals surface area contributed by atoms with Crippen molar-refractivity contribution in [3.05, 3.63) is 29.3 Å². The van der Waals surface area contributed by atoms with Crippen molar-refractivity contribution in [2.75, 3.05) is 38.1 Å². The molecule has 0 radical (unpaired) electrons. The maximum atomic E-state index is 12.9. The van der Waals surface area contributed by atoms with Crippen molar-refractivity contribution in [2.45, 2.75) is 38.5 Å². The summed E-state index contributed by atoms with van der Waals surface area (Å²) in [6.45, 7) is 2.39. The molecule has 0 bridgehead atoms. The molecule has 1 aromatic rings. The smallest absolute Gasteiger partial charge is 0.253 e. The van der Waals surface area contributed by atoms with E-state index in [4.69, 9.17) is 0 Å². The Morgan fingerprint density at radius 3 is 2.33 bits per heavy atom. The molecule has 0 unspecified atom stereocenters. The third-order valence-corrected chi connectivity index (χ3v) is 6.24. The van der Waals surface area contributed by atoms with Gasteiger partial charge < -0.3 is 14.7 Å². The predicted molar refractivity (Wildman–Crippen MR) is 103 cm³/mol. The second-order valence-electron chi connectivity index (χ2n) is 7.93. The molecule has 6 nitrogen and oxygen atoms in total. The van der Waals surface area contributed by atoms with Crippen LogP contribution in [0.15, 0.2) is 18.2 Å². The molecule has 6 heteroatoms. The number of likely N-dealkylation sites (N-methyl/N-ethyl adjacent to an activating group) is 1. The molecule has 4 rings (SSSR count). The summed E-state index contributed by atoms with van der Waals surface area (Å²) in [6.07, 6.45) is 5.95. The van der Waals surface area contributed by atoms with Crippen LogP contribution in [-0.2, 0) is 16.0 Å². The Labute approximate surface area is 160 Å². The van der Waals surface area contributed by atoms with Crippen LogP contribution in [0.3, 0.4) is 0 Å². The van der Waals surface area contributed by atoms with Crippen molar-refractivity contribution in [1.29, 1.82) is 0 Å². The van der Waals surface area contributed by atoms with E-state index in [2.05, 4.69) is 0 Å². The first-order chi connectivity index (χ1) is 13.0. The van der Waals surface area contributed by atoms with Crippen LogP contribution in [0.25, 0.3) is 0 Å². The van der Waals surface area contributed by atoms with Gasteiger partial charge in [-0.15, -0.1) is 0 Å². The highest BCUT2D eigenvalue weighted by Gasteiger charge is 2.31. The Morgan fingerprint density at radius 1 is 0.963 bits per heavy atom. The van der Waals surface area contributed by atoms with Crippen LogP contribution in [0, 0.1) is 5.92 Å². The minimum absolute atomic E-state index is 0.00966. The molecule has 27 heavy (non-hydrogen) atoms. The van der Waals surface area contributed by atoms with Gasteiger partial charge >= 0.3 is 0 Å². The highest BCUT2D eigenvalue weighted by Crippen LogP contribution is 2.29. The zero-order chi connectivity index (χ0) is 19.0. The van der Waals surface area contributed by atoms with Gasteiger partial charge in [-0.1, -0.05) is 19.3 Å². The van der Waals surface area contributed by atoms with Crippen molar-refractivity contribution in [3.63, 3.8) is 0 Å². The van der Waals surface area contributed by atoms with E-state index in [1.54, 1.807) is 18.0 Å². The molecule has 2 fully saturated rings. The number of carbonyl (C=O) groups is 3. The van der Waals surface area contributed by atoms with Crippen molar-refractivity contribution in [1.82, 2.24) is 9.80 Å². The normalized spacial score (nSPS) is 20.8. The molecule has 1 saturated heterocycles. The molecular weight excluding hydrogens is 342 g/mol. The van der Waals surface area contributed by atoms with Crippen LogP contribution < -0.4 is 4.90 Å². The first kappa shape index (κ1) is 18.0. The zero-order valence-electron chi connectivity index (χ0n) is 15.9. The third kappa shape index (κ3) is 3.45. The second kappa shape index (κ2) is 7.33. The highest BCUT2D eigenvalue weighted by atomic mass is 16.2. The van der Waals surface area contributed by atoms with Crippen molar-refractivity contribution < 1.29 is 14.4 Å². The number of benzene rings is 1. The fourth-order valence-electron chi connectivity index (χ4n) is 4.52. The molecule has 0 atom stereocenters. The lowest BCUT2D eigenvalue weighted by Crippen LogP contribution is -2.52. The Hall–Kier alpha value is -2.37. The monoisotopic (exact) mass is 369 g/mol. The molecule has 0 spiro atoms. The van der Waals surface area contributed by atoms with E-state index in [9.17, 15) is 14.4 Å². The van der Waals surface area contributed by atoms with E-state index in [1.165, 1.54) is 6.42 Å². The molecule has 1 aliphatic carbocycles. The first-order valence-electron chi connectivity index (χ1n) is 10.0. The number of carbonyl (C=O) groups excluding carboxylic acids is 3. The summed E-state index contributed by atoms with van der Waals surface area (Å²) in [5, 5.41) is 0. The molecule has 0 aromatic heterocycles. The Kier molecular flexibility index (Phi) is 4.89. The quantitative estimate of drug-likeness (QED) is 0.802. The SMILES string of the molecule is CN1C(=O)Cc2cc(C(=O)N3CCN(C(=O)C4CCCCC4)CC3)ccc21. The number of anilines is 1. The summed E-state index contributed by atoms with van der Waals surface area (Å²) in [5.41, 5.74) is 2.43. The lowest BCUT2D eigenvalue weighted by atomic mass is 9.88. The van der Waals surface area contributed by atoms with Crippen LogP contribution in [-0.4, -0.2) is 60.7 Å². The minimum Gasteiger partial charge on any atom is -0.339 e. The Morgan fingerprint density at radius 2 is 1.63 bits per heavy atom. The van der Waals surface area contributed by atoms with Crippen molar-refractivity contribution >= 4 is 23.4 Å². The molecule has 3 aliphatic rings. The number of fused-ring (bicyclic) bond motifs is 1. The predicted octanol–water partition coefficient (Wildman–Crippen LogP) is 2.07. The van der Waals surface area contributed by atoms with Crippen LogP contribution in [0.4, 0.5) is 5.69 Å². The number of nitrogens with zero attached hydrogens (tertiary/aromatic N) is 3. The molecule has 144 valence electrons.